The number of hydrogen-bond acceptors (Lipinski definition) is 5. The van der Waals surface area contributed by atoms with E-state index in [0.717, 1.165) is 17.1 Å². The molecule has 162 valence electrons. The zero-order chi connectivity index (χ0) is 22.1. The molecule has 0 spiro atoms. The van der Waals surface area contributed by atoms with Crippen LogP contribution in [0.25, 0.3) is 0 Å². The summed E-state index contributed by atoms with van der Waals surface area (Å²) < 4.78 is 12.6. The number of carbonyl (C=O) groups excluding carboxylic acids is 1. The number of carbonyl (C=O) groups is 1. The first-order chi connectivity index (χ1) is 15.0. The molecular weight excluding hydrogens is 394 g/mol. The van der Waals surface area contributed by atoms with Crippen LogP contribution in [0, 0.1) is 6.92 Å². The Balaban J connectivity index is 1.50. The van der Waals surface area contributed by atoms with E-state index in [1.807, 2.05) is 61.5 Å². The Labute approximate surface area is 181 Å². The first-order valence-electron chi connectivity index (χ1n) is 10.2. The molecule has 0 N–H and O–H groups in total. The number of amides is 1. The number of aryl methyl sites for hydroxylation is 1. The van der Waals surface area contributed by atoms with Crippen LogP contribution in [0.15, 0.2) is 71.5 Å². The van der Waals surface area contributed by atoms with Crippen LogP contribution in [0.4, 0.5) is 0 Å². The minimum absolute atomic E-state index is 0.224. The fourth-order valence-electron chi connectivity index (χ4n) is 2.99. The molecule has 0 atom stereocenters. The Morgan fingerprint density at radius 1 is 0.968 bits per heavy atom. The van der Waals surface area contributed by atoms with Gasteiger partial charge in [0, 0.05) is 19.7 Å². The van der Waals surface area contributed by atoms with Gasteiger partial charge in [0.25, 0.3) is 11.5 Å². The first kappa shape index (κ1) is 22.1. The summed E-state index contributed by atoms with van der Waals surface area (Å²) in [6, 6.07) is 20.0. The molecule has 1 heterocycles. The lowest BCUT2D eigenvalue weighted by molar-refractivity contribution is 0.0778. The maximum atomic E-state index is 12.7. The Hall–Kier alpha value is -3.61. The normalized spacial score (nSPS) is 10.5. The van der Waals surface area contributed by atoms with Gasteiger partial charge in [0.2, 0.25) is 0 Å². The van der Waals surface area contributed by atoms with E-state index in [2.05, 4.69) is 5.10 Å². The van der Waals surface area contributed by atoms with Crippen LogP contribution < -0.4 is 15.0 Å². The quantitative estimate of drug-likeness (QED) is 0.470. The molecule has 7 heteroatoms. The lowest BCUT2D eigenvalue weighted by Gasteiger charge is -2.17. The summed E-state index contributed by atoms with van der Waals surface area (Å²) in [6.07, 6.45) is 0.682. The minimum Gasteiger partial charge on any atom is -0.493 e. The SMILES string of the molecule is Cc1ccccc1OCCCN(C)C(=O)c1ccc(=O)n(CCOc2ccccc2)n1. The van der Waals surface area contributed by atoms with Gasteiger partial charge in [0.05, 0.1) is 13.2 Å². The maximum Gasteiger partial charge on any atom is 0.274 e. The number of hydrogen-bond donors (Lipinski definition) is 0. The molecule has 0 aliphatic heterocycles. The van der Waals surface area contributed by atoms with Crippen molar-refractivity contribution in [3.05, 3.63) is 88.3 Å². The molecular formula is C24H27N3O4. The molecule has 31 heavy (non-hydrogen) atoms. The summed E-state index contributed by atoms with van der Waals surface area (Å²) in [5, 5.41) is 4.21. The summed E-state index contributed by atoms with van der Waals surface area (Å²) >= 11 is 0. The Morgan fingerprint density at radius 3 is 2.48 bits per heavy atom. The molecule has 3 rings (SSSR count). The van der Waals surface area contributed by atoms with Crippen LogP contribution >= 0.6 is 0 Å². The zero-order valence-corrected chi connectivity index (χ0v) is 17.9. The summed E-state index contributed by atoms with van der Waals surface area (Å²) in [5.74, 6) is 1.33. The van der Waals surface area contributed by atoms with Crippen molar-refractivity contribution in [3.63, 3.8) is 0 Å². The largest absolute Gasteiger partial charge is 0.493 e. The third-order valence-electron chi connectivity index (χ3n) is 4.74. The van der Waals surface area contributed by atoms with Gasteiger partial charge in [0.1, 0.15) is 23.8 Å². The molecule has 0 fully saturated rings. The van der Waals surface area contributed by atoms with Crippen LogP contribution in [0.1, 0.15) is 22.5 Å². The third kappa shape index (κ3) is 6.44. The van der Waals surface area contributed by atoms with Crippen molar-refractivity contribution in [1.29, 1.82) is 0 Å². The van der Waals surface area contributed by atoms with E-state index >= 15 is 0 Å². The van der Waals surface area contributed by atoms with Crippen LogP contribution in [0.3, 0.4) is 0 Å². The van der Waals surface area contributed by atoms with Crippen molar-refractivity contribution in [2.75, 3.05) is 26.8 Å². The Kier molecular flexibility index (Phi) is 7.81. The molecule has 0 aliphatic carbocycles. The van der Waals surface area contributed by atoms with E-state index in [9.17, 15) is 9.59 Å². The molecule has 0 aliphatic rings. The standard InChI is InChI=1S/C24H27N3O4/c1-19-9-6-7-12-22(19)31-17-8-15-26(2)24(29)21-13-14-23(28)27(25-21)16-18-30-20-10-4-3-5-11-20/h3-7,9-14H,8,15-18H2,1-2H3. The number of para-hydroxylation sites is 2. The van der Waals surface area contributed by atoms with Crippen molar-refractivity contribution >= 4 is 5.91 Å². The van der Waals surface area contributed by atoms with E-state index in [1.54, 1.807) is 11.9 Å². The molecule has 0 unspecified atom stereocenters. The fourth-order valence-corrected chi connectivity index (χ4v) is 2.99. The molecule has 1 amide bonds. The van der Waals surface area contributed by atoms with Crippen LogP contribution in [-0.4, -0.2) is 47.4 Å². The number of benzene rings is 2. The number of ether oxygens (including phenoxy) is 2. The molecule has 0 saturated heterocycles. The zero-order valence-electron chi connectivity index (χ0n) is 17.9. The second-order valence-corrected chi connectivity index (χ2v) is 7.14. The van der Waals surface area contributed by atoms with Crippen molar-refractivity contribution in [2.45, 2.75) is 19.9 Å². The third-order valence-corrected chi connectivity index (χ3v) is 4.74. The molecule has 1 aromatic heterocycles. The summed E-state index contributed by atoms with van der Waals surface area (Å²) in [6.45, 7) is 3.55. The van der Waals surface area contributed by atoms with E-state index in [0.29, 0.717) is 19.6 Å². The molecule has 0 radical (unpaired) electrons. The molecule has 0 bridgehead atoms. The average Bonchev–Trinajstić information content (AvgIpc) is 2.79. The van der Waals surface area contributed by atoms with Crippen molar-refractivity contribution in [1.82, 2.24) is 14.7 Å². The Bertz CT molecular complexity index is 1050. The van der Waals surface area contributed by atoms with Gasteiger partial charge in [-0.25, -0.2) is 4.68 Å². The van der Waals surface area contributed by atoms with Gasteiger partial charge < -0.3 is 14.4 Å². The number of nitrogens with zero attached hydrogens (tertiary/aromatic N) is 3. The van der Waals surface area contributed by atoms with Crippen molar-refractivity contribution in [2.24, 2.45) is 0 Å². The molecule has 0 saturated carbocycles. The average molecular weight is 421 g/mol. The van der Waals surface area contributed by atoms with Gasteiger partial charge in [-0.15, -0.1) is 0 Å². The number of rotatable bonds is 10. The van der Waals surface area contributed by atoms with Crippen molar-refractivity contribution < 1.29 is 14.3 Å². The second kappa shape index (κ2) is 11.0. The highest BCUT2D eigenvalue weighted by Crippen LogP contribution is 2.16. The second-order valence-electron chi connectivity index (χ2n) is 7.14. The van der Waals surface area contributed by atoms with Gasteiger partial charge in [-0.2, -0.15) is 5.10 Å². The van der Waals surface area contributed by atoms with Gasteiger partial charge in [-0.05, 0) is 43.2 Å². The predicted octanol–water partition coefficient (Wildman–Crippen LogP) is 3.17. The predicted molar refractivity (Wildman–Crippen MR) is 119 cm³/mol. The highest BCUT2D eigenvalue weighted by Gasteiger charge is 2.14. The minimum atomic E-state index is -0.275. The van der Waals surface area contributed by atoms with E-state index in [4.69, 9.17) is 9.47 Å². The van der Waals surface area contributed by atoms with Gasteiger partial charge >= 0.3 is 0 Å². The lowest BCUT2D eigenvalue weighted by Crippen LogP contribution is -2.33. The van der Waals surface area contributed by atoms with Crippen LogP contribution in [0.5, 0.6) is 11.5 Å². The van der Waals surface area contributed by atoms with Crippen LogP contribution in [0.2, 0.25) is 0 Å². The van der Waals surface area contributed by atoms with Crippen LogP contribution in [-0.2, 0) is 6.54 Å². The van der Waals surface area contributed by atoms with E-state index in [1.165, 1.54) is 16.8 Å². The van der Waals surface area contributed by atoms with Gasteiger partial charge in [0.15, 0.2) is 0 Å². The molecule has 7 nitrogen and oxygen atoms in total. The highest BCUT2D eigenvalue weighted by atomic mass is 16.5. The number of aromatic nitrogens is 2. The van der Waals surface area contributed by atoms with Gasteiger partial charge in [-0.3, -0.25) is 9.59 Å². The van der Waals surface area contributed by atoms with E-state index < -0.39 is 0 Å². The van der Waals surface area contributed by atoms with E-state index in [-0.39, 0.29) is 30.3 Å². The monoisotopic (exact) mass is 421 g/mol. The lowest BCUT2D eigenvalue weighted by atomic mass is 10.2. The fraction of sp³-hybridized carbons (Fsp3) is 0.292. The van der Waals surface area contributed by atoms with Gasteiger partial charge in [-0.1, -0.05) is 36.4 Å². The molecule has 3 aromatic rings. The van der Waals surface area contributed by atoms with Crippen molar-refractivity contribution in [3.8, 4) is 11.5 Å². The summed E-state index contributed by atoms with van der Waals surface area (Å²) in [5.41, 5.74) is 1.03. The molecule has 2 aromatic carbocycles. The smallest absolute Gasteiger partial charge is 0.274 e. The summed E-state index contributed by atoms with van der Waals surface area (Å²) in [4.78, 5) is 26.4. The maximum absolute atomic E-state index is 12.7. The first-order valence-corrected chi connectivity index (χ1v) is 10.2. The Morgan fingerprint density at radius 2 is 1.71 bits per heavy atom. The topological polar surface area (TPSA) is 73.7 Å². The highest BCUT2D eigenvalue weighted by molar-refractivity contribution is 5.91. The summed E-state index contributed by atoms with van der Waals surface area (Å²) in [7, 11) is 1.71.